The van der Waals surface area contributed by atoms with Gasteiger partial charge in [-0.05, 0) is 32.6 Å². The lowest BCUT2D eigenvalue weighted by molar-refractivity contribution is -0.164. The third-order valence-electron chi connectivity index (χ3n) is 3.69. The van der Waals surface area contributed by atoms with Gasteiger partial charge in [0.25, 0.3) is 0 Å². The number of rotatable bonds is 10. The van der Waals surface area contributed by atoms with E-state index in [0.717, 1.165) is 0 Å². The van der Waals surface area contributed by atoms with E-state index >= 15 is 0 Å². The van der Waals surface area contributed by atoms with E-state index in [4.69, 9.17) is 9.47 Å². The van der Waals surface area contributed by atoms with E-state index < -0.39 is 35.7 Å². The SMILES string of the molecule is CCOC(=O)C(C(=O)O)C(CC(C)C)C(C#N)C(=O)OC(C)CC. The molecule has 0 heterocycles. The predicted molar refractivity (Wildman–Crippen MR) is 85.7 cm³/mol. The van der Waals surface area contributed by atoms with E-state index in [1.807, 2.05) is 26.8 Å². The molecule has 0 radical (unpaired) electrons. The highest BCUT2D eigenvalue weighted by molar-refractivity contribution is 5.95. The molecule has 4 unspecified atom stereocenters. The van der Waals surface area contributed by atoms with Crippen LogP contribution in [0.15, 0.2) is 0 Å². The minimum absolute atomic E-state index is 0.0153. The molecular weight excluding hydrogens is 314 g/mol. The number of ether oxygens (including phenoxy) is 2. The average molecular weight is 341 g/mol. The Morgan fingerprint density at radius 2 is 1.71 bits per heavy atom. The van der Waals surface area contributed by atoms with Crippen LogP contribution in [0, 0.1) is 35.0 Å². The van der Waals surface area contributed by atoms with E-state index in [0.29, 0.717) is 6.42 Å². The summed E-state index contributed by atoms with van der Waals surface area (Å²) >= 11 is 0. The second kappa shape index (κ2) is 10.6. The molecule has 0 aromatic carbocycles. The van der Waals surface area contributed by atoms with Crippen LogP contribution in [0.1, 0.15) is 47.5 Å². The van der Waals surface area contributed by atoms with Gasteiger partial charge in [-0.1, -0.05) is 20.8 Å². The molecule has 24 heavy (non-hydrogen) atoms. The van der Waals surface area contributed by atoms with Gasteiger partial charge in [-0.3, -0.25) is 14.4 Å². The number of hydrogen-bond acceptors (Lipinski definition) is 6. The van der Waals surface area contributed by atoms with Crippen molar-refractivity contribution in [1.29, 1.82) is 5.26 Å². The van der Waals surface area contributed by atoms with E-state index in [1.165, 1.54) is 0 Å². The molecule has 7 nitrogen and oxygen atoms in total. The zero-order valence-corrected chi connectivity index (χ0v) is 14.9. The van der Waals surface area contributed by atoms with E-state index in [-0.39, 0.29) is 25.0 Å². The molecule has 0 fully saturated rings. The molecule has 0 aromatic heterocycles. The van der Waals surface area contributed by atoms with Crippen molar-refractivity contribution in [2.24, 2.45) is 23.7 Å². The summed E-state index contributed by atoms with van der Waals surface area (Å²) in [6.45, 7) is 8.74. The minimum Gasteiger partial charge on any atom is -0.481 e. The lowest BCUT2D eigenvalue weighted by atomic mass is 9.77. The fourth-order valence-corrected chi connectivity index (χ4v) is 2.38. The Kier molecular flexibility index (Phi) is 9.70. The molecule has 0 aliphatic rings. The van der Waals surface area contributed by atoms with Gasteiger partial charge >= 0.3 is 17.9 Å². The van der Waals surface area contributed by atoms with Crippen LogP contribution in [0.2, 0.25) is 0 Å². The van der Waals surface area contributed by atoms with Crippen LogP contribution >= 0.6 is 0 Å². The van der Waals surface area contributed by atoms with Gasteiger partial charge in [-0.2, -0.15) is 5.26 Å². The monoisotopic (exact) mass is 341 g/mol. The molecule has 0 saturated heterocycles. The highest BCUT2D eigenvalue weighted by Crippen LogP contribution is 2.31. The van der Waals surface area contributed by atoms with E-state index in [1.54, 1.807) is 13.8 Å². The quantitative estimate of drug-likeness (QED) is 0.479. The van der Waals surface area contributed by atoms with Gasteiger partial charge < -0.3 is 14.6 Å². The highest BCUT2D eigenvalue weighted by atomic mass is 16.5. The lowest BCUT2D eigenvalue weighted by Gasteiger charge is -2.27. The number of nitriles is 1. The van der Waals surface area contributed by atoms with Crippen molar-refractivity contribution < 1.29 is 29.0 Å². The average Bonchev–Trinajstić information content (AvgIpc) is 2.47. The summed E-state index contributed by atoms with van der Waals surface area (Å²) in [6, 6.07) is 1.82. The third kappa shape index (κ3) is 6.57. The summed E-state index contributed by atoms with van der Waals surface area (Å²) in [4.78, 5) is 35.9. The largest absolute Gasteiger partial charge is 0.481 e. The summed E-state index contributed by atoms with van der Waals surface area (Å²) in [6.07, 6.45) is 0.390. The van der Waals surface area contributed by atoms with Gasteiger partial charge in [0.2, 0.25) is 0 Å². The summed E-state index contributed by atoms with van der Waals surface area (Å²) < 4.78 is 10.0. The van der Waals surface area contributed by atoms with Crippen molar-refractivity contribution in [3.63, 3.8) is 0 Å². The number of aliphatic carboxylic acids is 1. The topological polar surface area (TPSA) is 114 Å². The first-order valence-corrected chi connectivity index (χ1v) is 8.18. The molecule has 0 aliphatic carbocycles. The van der Waals surface area contributed by atoms with E-state index in [9.17, 15) is 24.8 Å². The van der Waals surface area contributed by atoms with Crippen LogP contribution < -0.4 is 0 Å². The smallest absolute Gasteiger partial charge is 0.323 e. The Balaban J connectivity index is 5.67. The molecule has 7 heteroatoms. The number of nitrogens with zero attached hydrogens (tertiary/aromatic N) is 1. The highest BCUT2D eigenvalue weighted by Gasteiger charge is 2.44. The first-order chi connectivity index (χ1) is 11.2. The molecule has 0 rings (SSSR count). The molecular formula is C17H27NO6. The molecule has 0 bridgehead atoms. The third-order valence-corrected chi connectivity index (χ3v) is 3.69. The van der Waals surface area contributed by atoms with Crippen molar-refractivity contribution in [1.82, 2.24) is 0 Å². The van der Waals surface area contributed by atoms with Gasteiger partial charge in [0.15, 0.2) is 5.92 Å². The van der Waals surface area contributed by atoms with Crippen LogP contribution in [-0.4, -0.2) is 35.7 Å². The summed E-state index contributed by atoms with van der Waals surface area (Å²) in [5.74, 6) is -7.09. The van der Waals surface area contributed by atoms with Gasteiger partial charge in [0.1, 0.15) is 5.92 Å². The Morgan fingerprint density at radius 3 is 2.08 bits per heavy atom. The molecule has 0 amide bonds. The first-order valence-electron chi connectivity index (χ1n) is 8.18. The van der Waals surface area contributed by atoms with Crippen molar-refractivity contribution in [3.05, 3.63) is 0 Å². The lowest BCUT2D eigenvalue weighted by Crippen LogP contribution is -2.40. The van der Waals surface area contributed by atoms with Crippen molar-refractivity contribution >= 4 is 17.9 Å². The standard InChI is InChI=1S/C17H27NO6/c1-6-11(5)24-16(21)13(9-18)12(8-10(3)4)14(15(19)20)17(22)23-7-2/h10-14H,6-8H2,1-5H3,(H,19,20). The zero-order chi connectivity index (χ0) is 18.9. The molecule has 0 aromatic rings. The number of hydrogen-bond donors (Lipinski definition) is 1. The van der Waals surface area contributed by atoms with Crippen LogP contribution in [0.3, 0.4) is 0 Å². The second-order valence-electron chi connectivity index (χ2n) is 6.12. The summed E-state index contributed by atoms with van der Waals surface area (Å²) in [7, 11) is 0. The fourth-order valence-electron chi connectivity index (χ4n) is 2.38. The molecule has 1 N–H and O–H groups in total. The molecule has 0 aliphatic heterocycles. The van der Waals surface area contributed by atoms with Crippen LogP contribution in [-0.2, 0) is 23.9 Å². The Hall–Kier alpha value is -2.10. The number of carbonyl (C=O) groups excluding carboxylic acids is 2. The maximum Gasteiger partial charge on any atom is 0.323 e. The van der Waals surface area contributed by atoms with Crippen molar-refractivity contribution in [3.8, 4) is 6.07 Å². The number of carboxylic acid groups (broad SMARTS) is 1. The maximum absolute atomic E-state index is 12.3. The first kappa shape index (κ1) is 21.9. The van der Waals surface area contributed by atoms with E-state index in [2.05, 4.69) is 0 Å². The molecule has 136 valence electrons. The van der Waals surface area contributed by atoms with Crippen molar-refractivity contribution in [2.75, 3.05) is 6.61 Å². The summed E-state index contributed by atoms with van der Waals surface area (Å²) in [5.41, 5.74) is 0. The van der Waals surface area contributed by atoms with Crippen LogP contribution in [0.4, 0.5) is 0 Å². The van der Waals surface area contributed by atoms with Gasteiger partial charge in [0.05, 0.1) is 18.8 Å². The van der Waals surface area contributed by atoms with Crippen molar-refractivity contribution in [2.45, 2.75) is 53.6 Å². The van der Waals surface area contributed by atoms with Crippen LogP contribution in [0.5, 0.6) is 0 Å². The Bertz CT molecular complexity index is 482. The predicted octanol–water partition coefficient (Wildman–Crippen LogP) is 2.39. The van der Waals surface area contributed by atoms with Crippen LogP contribution in [0.25, 0.3) is 0 Å². The molecule has 0 saturated carbocycles. The Labute approximate surface area is 142 Å². The van der Waals surface area contributed by atoms with Gasteiger partial charge in [0, 0.05) is 5.92 Å². The summed E-state index contributed by atoms with van der Waals surface area (Å²) in [5, 5.41) is 18.9. The molecule has 0 spiro atoms. The minimum atomic E-state index is -1.58. The molecule has 4 atom stereocenters. The van der Waals surface area contributed by atoms with Gasteiger partial charge in [-0.25, -0.2) is 0 Å². The number of esters is 2. The maximum atomic E-state index is 12.3. The number of carboxylic acids is 1. The number of carbonyl (C=O) groups is 3. The Morgan fingerprint density at radius 1 is 1.12 bits per heavy atom. The fraction of sp³-hybridized carbons (Fsp3) is 0.765. The van der Waals surface area contributed by atoms with Gasteiger partial charge in [-0.15, -0.1) is 0 Å². The zero-order valence-electron chi connectivity index (χ0n) is 14.9. The normalized spacial score (nSPS) is 15.7. The second-order valence-corrected chi connectivity index (χ2v) is 6.12.